The molecule has 0 aliphatic rings. The van der Waals surface area contributed by atoms with Crippen molar-refractivity contribution >= 4 is 12.0 Å². The zero-order chi connectivity index (χ0) is 18.2. The van der Waals surface area contributed by atoms with Crippen LogP contribution in [0.1, 0.15) is 5.56 Å². The molecule has 0 atom stereocenters. The quantitative estimate of drug-likeness (QED) is 0.516. The molecule has 0 unspecified atom stereocenters. The van der Waals surface area contributed by atoms with Crippen LogP contribution >= 0.6 is 0 Å². The molecule has 0 spiro atoms. The molecule has 3 rings (SSSR count). The molecule has 8 nitrogen and oxygen atoms in total. The summed E-state index contributed by atoms with van der Waals surface area (Å²) in [4.78, 5) is 12.5. The number of methoxy groups -OCH3 is 2. The fourth-order valence-electron chi connectivity index (χ4n) is 2.01. The van der Waals surface area contributed by atoms with Crippen LogP contribution < -0.4 is 19.6 Å². The highest BCUT2D eigenvalue weighted by molar-refractivity contribution is 5.84. The average molecular weight is 351 g/mol. The van der Waals surface area contributed by atoms with Crippen LogP contribution in [0.25, 0.3) is 0 Å². The van der Waals surface area contributed by atoms with E-state index in [-0.39, 0.29) is 6.01 Å². The Labute approximate surface area is 150 Å². The number of aromatic nitrogens is 3. The van der Waals surface area contributed by atoms with Gasteiger partial charge < -0.3 is 14.2 Å². The van der Waals surface area contributed by atoms with Gasteiger partial charge in [0.1, 0.15) is 11.6 Å². The van der Waals surface area contributed by atoms with Crippen molar-refractivity contribution in [1.29, 1.82) is 0 Å². The Balaban J connectivity index is 1.79. The van der Waals surface area contributed by atoms with Crippen molar-refractivity contribution in [2.75, 3.05) is 19.6 Å². The van der Waals surface area contributed by atoms with Crippen LogP contribution in [0.4, 0.5) is 5.82 Å². The number of ether oxygens (including phenoxy) is 3. The third-order valence-electron chi connectivity index (χ3n) is 3.24. The van der Waals surface area contributed by atoms with E-state index >= 15 is 0 Å². The minimum atomic E-state index is 0.111. The summed E-state index contributed by atoms with van der Waals surface area (Å²) in [6.07, 6.45) is 3.31. The Hall–Kier alpha value is -3.68. The van der Waals surface area contributed by atoms with E-state index in [1.165, 1.54) is 14.2 Å². The van der Waals surface area contributed by atoms with Gasteiger partial charge in [0.25, 0.3) is 0 Å². The minimum absolute atomic E-state index is 0.111. The molecule has 1 N–H and O–H groups in total. The third-order valence-corrected chi connectivity index (χ3v) is 3.24. The van der Waals surface area contributed by atoms with Crippen molar-refractivity contribution < 1.29 is 14.2 Å². The van der Waals surface area contributed by atoms with Gasteiger partial charge in [0, 0.05) is 11.8 Å². The third kappa shape index (κ3) is 4.44. The summed E-state index contributed by atoms with van der Waals surface area (Å²) in [7, 11) is 3.02. The topological polar surface area (TPSA) is 90.8 Å². The van der Waals surface area contributed by atoms with Crippen LogP contribution in [0, 0.1) is 0 Å². The predicted molar refractivity (Wildman–Crippen MR) is 97.1 cm³/mol. The Kier molecular flexibility index (Phi) is 5.56. The number of rotatable bonds is 7. The van der Waals surface area contributed by atoms with Crippen molar-refractivity contribution in [2.24, 2.45) is 5.10 Å². The van der Waals surface area contributed by atoms with Crippen LogP contribution in [0.2, 0.25) is 0 Å². The van der Waals surface area contributed by atoms with Gasteiger partial charge in [-0.3, -0.25) is 5.43 Å². The number of hydrogen-bond donors (Lipinski definition) is 1. The summed E-state index contributed by atoms with van der Waals surface area (Å²) in [5, 5.41) is 4.17. The fraction of sp³-hybridized carbons (Fsp3) is 0.111. The highest BCUT2D eigenvalue weighted by Crippen LogP contribution is 2.25. The lowest BCUT2D eigenvalue weighted by atomic mass is 10.2. The number of hydrazone groups is 1. The van der Waals surface area contributed by atoms with E-state index in [1.54, 1.807) is 24.5 Å². The van der Waals surface area contributed by atoms with Gasteiger partial charge in [0.2, 0.25) is 11.8 Å². The lowest BCUT2D eigenvalue weighted by Gasteiger charge is -2.09. The number of pyridine rings is 1. The predicted octanol–water partition coefficient (Wildman–Crippen LogP) is 3.13. The summed E-state index contributed by atoms with van der Waals surface area (Å²) >= 11 is 0. The highest BCUT2D eigenvalue weighted by Gasteiger charge is 2.09. The van der Waals surface area contributed by atoms with Gasteiger partial charge in [-0.05, 0) is 24.3 Å². The Bertz CT molecular complexity index is 865. The maximum absolute atomic E-state index is 5.78. The molecule has 8 heteroatoms. The van der Waals surface area contributed by atoms with E-state index in [1.807, 2.05) is 36.4 Å². The number of benzene rings is 1. The standard InChI is InChI=1S/C18H17N5O3/c1-24-16-11-17(25-2)22-18(21-16)26-14-8-4-3-7-13(14)12-20-23-15-9-5-6-10-19-15/h3-12H,1-2H3,(H,19,23)/b20-12+. The van der Waals surface area contributed by atoms with Gasteiger partial charge in [-0.25, -0.2) is 4.98 Å². The second-order valence-corrected chi connectivity index (χ2v) is 4.96. The summed E-state index contributed by atoms with van der Waals surface area (Å²) in [6, 6.07) is 14.6. The number of nitrogens with zero attached hydrogens (tertiary/aromatic N) is 4. The zero-order valence-electron chi connectivity index (χ0n) is 14.3. The largest absolute Gasteiger partial charge is 0.481 e. The molecule has 0 aliphatic carbocycles. The maximum atomic E-state index is 5.78. The lowest BCUT2D eigenvalue weighted by Crippen LogP contribution is -2.00. The van der Waals surface area contributed by atoms with Crippen molar-refractivity contribution in [1.82, 2.24) is 15.0 Å². The van der Waals surface area contributed by atoms with Crippen molar-refractivity contribution in [2.45, 2.75) is 0 Å². The first-order valence-electron chi connectivity index (χ1n) is 7.72. The first-order valence-corrected chi connectivity index (χ1v) is 7.72. The zero-order valence-corrected chi connectivity index (χ0v) is 14.3. The molecule has 2 heterocycles. The van der Waals surface area contributed by atoms with E-state index in [0.717, 1.165) is 5.56 Å². The van der Waals surface area contributed by atoms with Crippen LogP contribution in [0.3, 0.4) is 0 Å². The molecule has 26 heavy (non-hydrogen) atoms. The summed E-state index contributed by atoms with van der Waals surface area (Å²) in [6.45, 7) is 0. The van der Waals surface area contributed by atoms with Gasteiger partial charge in [-0.15, -0.1) is 0 Å². The Morgan fingerprint density at radius 2 is 1.69 bits per heavy atom. The Morgan fingerprint density at radius 1 is 0.962 bits per heavy atom. The van der Waals surface area contributed by atoms with E-state index < -0.39 is 0 Å². The molecule has 0 saturated heterocycles. The highest BCUT2D eigenvalue weighted by atomic mass is 16.5. The second-order valence-electron chi connectivity index (χ2n) is 4.96. The number of para-hydroxylation sites is 1. The average Bonchev–Trinajstić information content (AvgIpc) is 2.69. The molecule has 0 fully saturated rings. The Morgan fingerprint density at radius 3 is 2.38 bits per heavy atom. The van der Waals surface area contributed by atoms with Crippen LogP contribution in [-0.2, 0) is 0 Å². The lowest BCUT2D eigenvalue weighted by molar-refractivity contribution is 0.348. The summed E-state index contributed by atoms with van der Waals surface area (Å²) < 4.78 is 16.0. The SMILES string of the molecule is COc1cc(OC)nc(Oc2ccccc2/C=N/Nc2ccccn2)n1. The molecule has 0 saturated carbocycles. The normalized spacial score (nSPS) is 10.5. The minimum Gasteiger partial charge on any atom is -0.481 e. The summed E-state index contributed by atoms with van der Waals surface area (Å²) in [5.41, 5.74) is 3.59. The van der Waals surface area contributed by atoms with Crippen LogP contribution in [0.15, 0.2) is 59.8 Å². The first kappa shape index (κ1) is 17.2. The van der Waals surface area contributed by atoms with Crippen LogP contribution in [0.5, 0.6) is 23.5 Å². The van der Waals surface area contributed by atoms with Crippen LogP contribution in [-0.4, -0.2) is 35.4 Å². The van der Waals surface area contributed by atoms with E-state index in [0.29, 0.717) is 23.3 Å². The molecule has 0 amide bonds. The molecular weight excluding hydrogens is 334 g/mol. The molecule has 2 aromatic heterocycles. The van der Waals surface area contributed by atoms with Gasteiger partial charge in [0.15, 0.2) is 0 Å². The van der Waals surface area contributed by atoms with E-state index in [9.17, 15) is 0 Å². The number of hydrogen-bond acceptors (Lipinski definition) is 8. The summed E-state index contributed by atoms with van der Waals surface area (Å²) in [5.74, 6) is 1.86. The first-order chi connectivity index (χ1) is 12.8. The molecule has 0 aliphatic heterocycles. The van der Waals surface area contributed by atoms with E-state index in [4.69, 9.17) is 14.2 Å². The van der Waals surface area contributed by atoms with Crippen molar-refractivity contribution in [3.63, 3.8) is 0 Å². The van der Waals surface area contributed by atoms with Gasteiger partial charge in [-0.2, -0.15) is 15.1 Å². The smallest absolute Gasteiger partial charge is 0.328 e. The molecule has 0 radical (unpaired) electrons. The van der Waals surface area contributed by atoms with Gasteiger partial charge in [0.05, 0.1) is 26.5 Å². The monoisotopic (exact) mass is 351 g/mol. The number of nitrogens with one attached hydrogen (secondary N) is 1. The molecule has 1 aromatic carbocycles. The molecule has 132 valence electrons. The van der Waals surface area contributed by atoms with Crippen molar-refractivity contribution in [3.05, 3.63) is 60.3 Å². The molecule has 3 aromatic rings. The van der Waals surface area contributed by atoms with Crippen molar-refractivity contribution in [3.8, 4) is 23.5 Å². The molecular formula is C18H17N5O3. The molecule has 0 bridgehead atoms. The van der Waals surface area contributed by atoms with Gasteiger partial charge >= 0.3 is 6.01 Å². The number of anilines is 1. The maximum Gasteiger partial charge on any atom is 0.328 e. The van der Waals surface area contributed by atoms with Gasteiger partial charge in [-0.1, -0.05) is 18.2 Å². The van der Waals surface area contributed by atoms with E-state index in [2.05, 4.69) is 25.5 Å². The second kappa shape index (κ2) is 8.43. The fourth-order valence-corrected chi connectivity index (χ4v) is 2.01.